The van der Waals surface area contributed by atoms with Crippen molar-refractivity contribution in [3.63, 3.8) is 0 Å². The highest BCUT2D eigenvalue weighted by Crippen LogP contribution is 2.18. The molecule has 2 heterocycles. The van der Waals surface area contributed by atoms with Crippen LogP contribution in [0.2, 0.25) is 0 Å². The molecule has 1 N–H and O–H groups in total. The van der Waals surface area contributed by atoms with Crippen LogP contribution in [-0.4, -0.2) is 50.3 Å². The molecule has 2 fully saturated rings. The molecule has 0 aromatic heterocycles. The number of hydrogen-bond donors (Lipinski definition) is 1. The van der Waals surface area contributed by atoms with E-state index >= 15 is 0 Å². The van der Waals surface area contributed by atoms with Gasteiger partial charge in [0.2, 0.25) is 0 Å². The Labute approximate surface area is 112 Å². The third-order valence-corrected chi connectivity index (χ3v) is 4.45. The molecule has 1 atom stereocenters. The first-order valence-electron chi connectivity index (χ1n) is 7.93. The summed E-state index contributed by atoms with van der Waals surface area (Å²) in [6.45, 7) is 9.51. The van der Waals surface area contributed by atoms with Gasteiger partial charge in [-0.3, -0.25) is 0 Å². The van der Waals surface area contributed by atoms with Crippen LogP contribution in [0.25, 0.3) is 0 Å². The summed E-state index contributed by atoms with van der Waals surface area (Å²) in [6.07, 6.45) is 8.44. The SMILES string of the molecule is CCN(CCCC1CCCO1)CC1CCNCC1. The lowest BCUT2D eigenvalue weighted by molar-refractivity contribution is 0.0976. The van der Waals surface area contributed by atoms with E-state index in [1.54, 1.807) is 0 Å². The minimum atomic E-state index is 0.572. The van der Waals surface area contributed by atoms with Gasteiger partial charge in [-0.1, -0.05) is 6.92 Å². The van der Waals surface area contributed by atoms with Gasteiger partial charge in [-0.15, -0.1) is 0 Å². The van der Waals surface area contributed by atoms with Crippen molar-refractivity contribution in [1.29, 1.82) is 0 Å². The molecule has 0 saturated carbocycles. The molecule has 18 heavy (non-hydrogen) atoms. The first-order chi connectivity index (χ1) is 8.88. The lowest BCUT2D eigenvalue weighted by atomic mass is 9.97. The molecule has 106 valence electrons. The molecular formula is C15H30N2O. The van der Waals surface area contributed by atoms with Crippen molar-refractivity contribution in [2.24, 2.45) is 5.92 Å². The molecule has 0 aromatic carbocycles. The maximum atomic E-state index is 5.69. The van der Waals surface area contributed by atoms with Gasteiger partial charge in [0.1, 0.15) is 0 Å². The number of hydrogen-bond acceptors (Lipinski definition) is 3. The summed E-state index contributed by atoms with van der Waals surface area (Å²) in [5.74, 6) is 0.925. The number of piperidine rings is 1. The Morgan fingerprint density at radius 3 is 2.72 bits per heavy atom. The van der Waals surface area contributed by atoms with Crippen LogP contribution in [0.4, 0.5) is 0 Å². The van der Waals surface area contributed by atoms with E-state index in [0.29, 0.717) is 6.10 Å². The Balaban J connectivity index is 1.58. The largest absolute Gasteiger partial charge is 0.378 e. The van der Waals surface area contributed by atoms with Crippen LogP contribution in [0.3, 0.4) is 0 Å². The molecule has 0 radical (unpaired) electrons. The van der Waals surface area contributed by atoms with Crippen molar-refractivity contribution in [2.75, 3.05) is 39.3 Å². The van der Waals surface area contributed by atoms with Gasteiger partial charge in [-0.2, -0.15) is 0 Å². The third-order valence-electron chi connectivity index (χ3n) is 4.45. The molecule has 0 aromatic rings. The van der Waals surface area contributed by atoms with Crippen molar-refractivity contribution in [3.8, 4) is 0 Å². The van der Waals surface area contributed by atoms with Crippen LogP contribution in [0.1, 0.15) is 45.4 Å². The number of nitrogens with zero attached hydrogens (tertiary/aromatic N) is 1. The van der Waals surface area contributed by atoms with E-state index in [9.17, 15) is 0 Å². The molecule has 2 aliphatic heterocycles. The zero-order chi connectivity index (χ0) is 12.6. The van der Waals surface area contributed by atoms with Crippen molar-refractivity contribution in [2.45, 2.75) is 51.6 Å². The summed E-state index contributed by atoms with van der Waals surface area (Å²) in [4.78, 5) is 2.64. The van der Waals surface area contributed by atoms with Gasteiger partial charge >= 0.3 is 0 Å². The minimum Gasteiger partial charge on any atom is -0.378 e. The highest BCUT2D eigenvalue weighted by Gasteiger charge is 2.18. The number of ether oxygens (including phenoxy) is 1. The Morgan fingerprint density at radius 2 is 2.06 bits per heavy atom. The van der Waals surface area contributed by atoms with Crippen molar-refractivity contribution in [1.82, 2.24) is 10.2 Å². The number of rotatable bonds is 7. The highest BCUT2D eigenvalue weighted by molar-refractivity contribution is 4.73. The third kappa shape index (κ3) is 4.87. The van der Waals surface area contributed by atoms with Crippen LogP contribution in [0, 0.1) is 5.92 Å². The summed E-state index contributed by atoms with van der Waals surface area (Å²) in [5, 5.41) is 3.45. The average molecular weight is 254 g/mol. The Kier molecular flexibility index (Phi) is 6.46. The zero-order valence-electron chi connectivity index (χ0n) is 12.0. The molecule has 0 spiro atoms. The summed E-state index contributed by atoms with van der Waals surface area (Å²) >= 11 is 0. The predicted octanol–water partition coefficient (Wildman–Crippen LogP) is 2.27. The quantitative estimate of drug-likeness (QED) is 0.754. The fourth-order valence-electron chi connectivity index (χ4n) is 3.22. The fourth-order valence-corrected chi connectivity index (χ4v) is 3.22. The first kappa shape index (κ1) is 14.3. The van der Waals surface area contributed by atoms with Gasteiger partial charge < -0.3 is 15.0 Å². The van der Waals surface area contributed by atoms with Gasteiger partial charge in [-0.25, -0.2) is 0 Å². The molecule has 2 aliphatic rings. The van der Waals surface area contributed by atoms with Crippen molar-refractivity contribution < 1.29 is 4.74 Å². The van der Waals surface area contributed by atoms with Crippen LogP contribution in [-0.2, 0) is 4.74 Å². The van der Waals surface area contributed by atoms with E-state index in [0.717, 1.165) is 12.5 Å². The second-order valence-electron chi connectivity index (χ2n) is 5.86. The van der Waals surface area contributed by atoms with Crippen LogP contribution in [0.15, 0.2) is 0 Å². The molecule has 2 rings (SSSR count). The maximum absolute atomic E-state index is 5.69. The molecule has 0 bridgehead atoms. The average Bonchev–Trinajstić information content (AvgIpc) is 2.92. The maximum Gasteiger partial charge on any atom is 0.0576 e. The van der Waals surface area contributed by atoms with Gasteiger partial charge in [0.05, 0.1) is 6.10 Å². The van der Waals surface area contributed by atoms with E-state index in [2.05, 4.69) is 17.1 Å². The van der Waals surface area contributed by atoms with E-state index in [-0.39, 0.29) is 0 Å². The summed E-state index contributed by atoms with van der Waals surface area (Å²) in [7, 11) is 0. The number of nitrogens with one attached hydrogen (secondary N) is 1. The molecular weight excluding hydrogens is 224 g/mol. The zero-order valence-corrected chi connectivity index (χ0v) is 12.0. The van der Waals surface area contributed by atoms with Gasteiger partial charge in [0, 0.05) is 13.2 Å². The minimum absolute atomic E-state index is 0.572. The second-order valence-corrected chi connectivity index (χ2v) is 5.86. The van der Waals surface area contributed by atoms with Crippen molar-refractivity contribution >= 4 is 0 Å². The lowest BCUT2D eigenvalue weighted by Crippen LogP contribution is -2.36. The molecule has 3 nitrogen and oxygen atoms in total. The monoisotopic (exact) mass is 254 g/mol. The van der Waals surface area contributed by atoms with Crippen LogP contribution < -0.4 is 5.32 Å². The smallest absolute Gasteiger partial charge is 0.0576 e. The normalized spacial score (nSPS) is 26.0. The Bertz CT molecular complexity index is 211. The van der Waals surface area contributed by atoms with E-state index in [1.165, 1.54) is 71.2 Å². The summed E-state index contributed by atoms with van der Waals surface area (Å²) in [6, 6.07) is 0. The summed E-state index contributed by atoms with van der Waals surface area (Å²) < 4.78 is 5.69. The van der Waals surface area contributed by atoms with E-state index in [1.807, 2.05) is 0 Å². The van der Waals surface area contributed by atoms with E-state index in [4.69, 9.17) is 4.74 Å². The predicted molar refractivity (Wildman–Crippen MR) is 75.9 cm³/mol. The van der Waals surface area contributed by atoms with Crippen molar-refractivity contribution in [3.05, 3.63) is 0 Å². The molecule has 0 aliphatic carbocycles. The lowest BCUT2D eigenvalue weighted by Gasteiger charge is -2.29. The summed E-state index contributed by atoms with van der Waals surface area (Å²) in [5.41, 5.74) is 0. The van der Waals surface area contributed by atoms with E-state index < -0.39 is 0 Å². The first-order valence-corrected chi connectivity index (χ1v) is 7.93. The molecule has 3 heteroatoms. The fraction of sp³-hybridized carbons (Fsp3) is 1.00. The van der Waals surface area contributed by atoms with Gasteiger partial charge in [0.25, 0.3) is 0 Å². The van der Waals surface area contributed by atoms with Gasteiger partial charge in [-0.05, 0) is 70.6 Å². The second kappa shape index (κ2) is 8.13. The Hall–Kier alpha value is -0.120. The van der Waals surface area contributed by atoms with Crippen LogP contribution >= 0.6 is 0 Å². The van der Waals surface area contributed by atoms with Gasteiger partial charge in [0.15, 0.2) is 0 Å². The molecule has 0 amide bonds. The molecule has 1 unspecified atom stereocenters. The molecule has 2 saturated heterocycles. The highest BCUT2D eigenvalue weighted by atomic mass is 16.5. The van der Waals surface area contributed by atoms with Crippen LogP contribution in [0.5, 0.6) is 0 Å². The topological polar surface area (TPSA) is 24.5 Å². The standard InChI is InChI=1S/C15H30N2O/c1-2-17(13-14-7-9-16-10-8-14)11-3-5-15-6-4-12-18-15/h14-16H,2-13H2,1H3. The Morgan fingerprint density at radius 1 is 1.22 bits per heavy atom.